The zero-order chi connectivity index (χ0) is 24.2. The molecule has 34 heavy (non-hydrogen) atoms. The summed E-state index contributed by atoms with van der Waals surface area (Å²) in [6, 6.07) is 11.7. The molecule has 3 N–H and O–H groups in total. The zero-order valence-corrected chi connectivity index (χ0v) is 19.3. The molecule has 3 aromatic heterocycles. The monoisotopic (exact) mass is 497 g/mol. The Hall–Kier alpha value is -3.96. The first-order valence-electron chi connectivity index (χ1n) is 9.94. The molecule has 0 radical (unpaired) electrons. The topological polar surface area (TPSA) is 151 Å². The number of anilines is 1. The van der Waals surface area contributed by atoms with Crippen molar-refractivity contribution >= 4 is 49.6 Å². The Balaban J connectivity index is 1.49. The highest BCUT2D eigenvalue weighted by Crippen LogP contribution is 2.33. The van der Waals surface area contributed by atoms with E-state index in [0.29, 0.717) is 27.6 Å². The second-order valence-corrected chi connectivity index (χ2v) is 9.64. The van der Waals surface area contributed by atoms with Crippen molar-refractivity contribution in [3.63, 3.8) is 0 Å². The summed E-state index contributed by atoms with van der Waals surface area (Å²) in [7, 11) is -4.13. The summed E-state index contributed by atoms with van der Waals surface area (Å²) in [5.41, 5.74) is 1.72. The van der Waals surface area contributed by atoms with Crippen molar-refractivity contribution in [1.82, 2.24) is 19.9 Å². The minimum absolute atomic E-state index is 0.0533. The van der Waals surface area contributed by atoms with E-state index in [1.54, 1.807) is 25.1 Å². The predicted molar refractivity (Wildman–Crippen MR) is 128 cm³/mol. The van der Waals surface area contributed by atoms with Crippen molar-refractivity contribution in [2.75, 3.05) is 4.72 Å². The number of nitrogens with one attached hydrogen (secondary N) is 3. The smallest absolute Gasteiger partial charge is 0.315 e. The molecule has 0 unspecified atom stereocenters. The van der Waals surface area contributed by atoms with E-state index in [4.69, 9.17) is 16.0 Å². The van der Waals surface area contributed by atoms with Gasteiger partial charge in [0.15, 0.2) is 22.1 Å². The summed E-state index contributed by atoms with van der Waals surface area (Å²) in [5.74, 6) is 0.552. The van der Waals surface area contributed by atoms with Crippen LogP contribution in [0, 0.1) is 13.8 Å². The fraction of sp³-hybridized carbons (Fsp3) is 0.0909. The van der Waals surface area contributed by atoms with Gasteiger partial charge >= 0.3 is 11.1 Å². The lowest BCUT2D eigenvalue weighted by molar-refractivity contribution is 0.561. The highest BCUT2D eigenvalue weighted by Gasteiger charge is 2.21. The number of aryl methyl sites for hydroxylation is 2. The lowest BCUT2D eigenvalue weighted by atomic mass is 10.0. The van der Waals surface area contributed by atoms with E-state index in [9.17, 15) is 18.0 Å². The standard InChI is InChI=1S/C22H16ClN5O5S/c1-10-7-17-19(26-21(30)20(29)25-17)27-22(10)34(31,32)28-13-4-5-14(15(23)9-13)12-3-6-18-16(8-12)24-11(2)33-18/h3-9,28H,1-2H3,(H,25,29)(H,26,27,30). The maximum Gasteiger partial charge on any atom is 0.315 e. The van der Waals surface area contributed by atoms with Gasteiger partial charge in [-0.05, 0) is 48.4 Å². The van der Waals surface area contributed by atoms with Gasteiger partial charge in [0.05, 0.1) is 16.2 Å². The fourth-order valence-electron chi connectivity index (χ4n) is 3.63. The Morgan fingerprint density at radius 3 is 2.50 bits per heavy atom. The average molecular weight is 498 g/mol. The van der Waals surface area contributed by atoms with Crippen LogP contribution in [-0.4, -0.2) is 28.4 Å². The first kappa shape index (κ1) is 21.9. The number of rotatable bonds is 4. The van der Waals surface area contributed by atoms with E-state index >= 15 is 0 Å². The number of pyridine rings is 1. The molecule has 5 aromatic rings. The van der Waals surface area contributed by atoms with Crippen LogP contribution in [0.25, 0.3) is 33.4 Å². The molecule has 3 heterocycles. The third-order valence-electron chi connectivity index (χ3n) is 5.13. The Bertz CT molecular complexity index is 1840. The number of sulfonamides is 1. The van der Waals surface area contributed by atoms with Crippen LogP contribution < -0.4 is 15.8 Å². The number of aromatic amines is 2. The second kappa shape index (κ2) is 7.82. The number of oxazole rings is 1. The van der Waals surface area contributed by atoms with Gasteiger partial charge in [-0.3, -0.25) is 14.3 Å². The average Bonchev–Trinajstić information content (AvgIpc) is 3.13. The Morgan fingerprint density at radius 1 is 0.971 bits per heavy atom. The van der Waals surface area contributed by atoms with Gasteiger partial charge in [-0.25, -0.2) is 9.97 Å². The molecule has 5 rings (SSSR count). The highest BCUT2D eigenvalue weighted by molar-refractivity contribution is 7.92. The van der Waals surface area contributed by atoms with Gasteiger partial charge in [0, 0.05) is 12.5 Å². The third kappa shape index (κ3) is 3.84. The van der Waals surface area contributed by atoms with Crippen LogP contribution in [-0.2, 0) is 10.0 Å². The molecule has 0 aliphatic heterocycles. The molecule has 10 nitrogen and oxygen atoms in total. The summed E-state index contributed by atoms with van der Waals surface area (Å²) in [6.07, 6.45) is 0. The fourth-order valence-corrected chi connectivity index (χ4v) is 5.15. The number of benzene rings is 2. The van der Waals surface area contributed by atoms with Crippen molar-refractivity contribution in [1.29, 1.82) is 0 Å². The SMILES string of the molecule is Cc1nc2cc(-c3ccc(NS(=O)(=O)c4nc5[nH]c(=O)c(=O)[nH]c5cc4C)cc3Cl)ccc2o1. The van der Waals surface area contributed by atoms with Gasteiger partial charge in [-0.1, -0.05) is 23.7 Å². The molecule has 0 spiro atoms. The van der Waals surface area contributed by atoms with Crippen LogP contribution in [0.15, 0.2) is 61.5 Å². The van der Waals surface area contributed by atoms with Crippen molar-refractivity contribution in [3.05, 3.63) is 79.6 Å². The van der Waals surface area contributed by atoms with Gasteiger partial charge in [-0.2, -0.15) is 8.42 Å². The number of halogens is 1. The summed E-state index contributed by atoms with van der Waals surface area (Å²) < 4.78 is 34.0. The Kier molecular flexibility index (Phi) is 5.03. The molecule has 0 atom stereocenters. The molecular formula is C22H16ClN5O5S. The first-order valence-corrected chi connectivity index (χ1v) is 11.8. The number of hydrogen-bond donors (Lipinski definition) is 3. The molecule has 0 saturated carbocycles. The molecule has 0 amide bonds. The molecule has 0 aliphatic rings. The number of H-pyrrole nitrogens is 2. The Labute approximate surface area is 196 Å². The second-order valence-electron chi connectivity index (χ2n) is 7.63. The van der Waals surface area contributed by atoms with Crippen LogP contribution in [0.4, 0.5) is 5.69 Å². The quantitative estimate of drug-likeness (QED) is 0.321. The number of fused-ring (bicyclic) bond motifs is 2. The van der Waals surface area contributed by atoms with Crippen molar-refractivity contribution in [2.45, 2.75) is 18.9 Å². The van der Waals surface area contributed by atoms with Gasteiger partial charge < -0.3 is 14.4 Å². The summed E-state index contributed by atoms with van der Waals surface area (Å²) in [5, 5.41) is 0.0274. The number of aromatic nitrogens is 4. The van der Waals surface area contributed by atoms with Gasteiger partial charge in [-0.15, -0.1) is 0 Å². The Morgan fingerprint density at radius 2 is 1.74 bits per heavy atom. The van der Waals surface area contributed by atoms with Gasteiger partial charge in [0.1, 0.15) is 5.52 Å². The first-order chi connectivity index (χ1) is 16.1. The van der Waals surface area contributed by atoms with E-state index < -0.39 is 21.1 Å². The van der Waals surface area contributed by atoms with Gasteiger partial charge in [0.25, 0.3) is 10.0 Å². The largest absolute Gasteiger partial charge is 0.441 e. The van der Waals surface area contributed by atoms with Crippen molar-refractivity contribution in [3.8, 4) is 11.1 Å². The molecule has 0 saturated heterocycles. The van der Waals surface area contributed by atoms with Crippen LogP contribution >= 0.6 is 11.6 Å². The molecule has 172 valence electrons. The molecule has 12 heteroatoms. The summed E-state index contributed by atoms with van der Waals surface area (Å²) in [4.78, 5) is 36.1. The lowest BCUT2D eigenvalue weighted by Crippen LogP contribution is -2.29. The van der Waals surface area contributed by atoms with Crippen molar-refractivity contribution in [2.24, 2.45) is 0 Å². The maximum atomic E-state index is 13.0. The molecule has 0 bridgehead atoms. The number of nitrogens with zero attached hydrogens (tertiary/aromatic N) is 2. The van der Waals surface area contributed by atoms with Crippen LogP contribution in [0.5, 0.6) is 0 Å². The van der Waals surface area contributed by atoms with Gasteiger partial charge in [0.2, 0.25) is 0 Å². The lowest BCUT2D eigenvalue weighted by Gasteiger charge is -2.12. The minimum Gasteiger partial charge on any atom is -0.441 e. The molecular weight excluding hydrogens is 482 g/mol. The van der Waals surface area contributed by atoms with E-state index in [0.717, 1.165) is 5.56 Å². The van der Waals surface area contributed by atoms with E-state index in [2.05, 4.69) is 24.7 Å². The zero-order valence-electron chi connectivity index (χ0n) is 17.8. The van der Waals surface area contributed by atoms with Crippen LogP contribution in [0.3, 0.4) is 0 Å². The highest BCUT2D eigenvalue weighted by atomic mass is 35.5. The molecule has 0 fully saturated rings. The van der Waals surface area contributed by atoms with Crippen molar-refractivity contribution < 1.29 is 12.8 Å². The normalized spacial score (nSPS) is 11.9. The summed E-state index contributed by atoms with van der Waals surface area (Å²) >= 11 is 6.47. The van der Waals surface area contributed by atoms with Crippen LogP contribution in [0.2, 0.25) is 5.02 Å². The molecule has 0 aliphatic carbocycles. The van der Waals surface area contributed by atoms with E-state index in [1.807, 2.05) is 12.1 Å². The third-order valence-corrected chi connectivity index (χ3v) is 6.87. The maximum absolute atomic E-state index is 13.0. The number of hydrogen-bond acceptors (Lipinski definition) is 7. The van der Waals surface area contributed by atoms with Crippen LogP contribution in [0.1, 0.15) is 11.5 Å². The molecule has 2 aromatic carbocycles. The minimum atomic E-state index is -4.13. The van der Waals surface area contributed by atoms with E-state index in [1.165, 1.54) is 19.1 Å². The van der Waals surface area contributed by atoms with E-state index in [-0.39, 0.29) is 27.4 Å². The summed E-state index contributed by atoms with van der Waals surface area (Å²) in [6.45, 7) is 3.29. The predicted octanol–water partition coefficient (Wildman–Crippen LogP) is 3.49.